The molecule has 822 valence electrons. The summed E-state index contributed by atoms with van der Waals surface area (Å²) in [5, 5.41) is 71.0. The van der Waals surface area contributed by atoms with E-state index in [0.29, 0.717) is 12.0 Å². The zero-order valence-electron chi connectivity index (χ0n) is 96.6. The van der Waals surface area contributed by atoms with Crippen LogP contribution in [0.2, 0.25) is 0 Å². The van der Waals surface area contributed by atoms with Crippen molar-refractivity contribution in [2.45, 2.75) is 434 Å². The van der Waals surface area contributed by atoms with Crippen molar-refractivity contribution < 1.29 is 47.0 Å². The number of ketones is 3. The van der Waals surface area contributed by atoms with Gasteiger partial charge in [0.25, 0.3) is 0 Å². The molecule has 5 heterocycles. The number of benzene rings is 2. The average molecular weight is 2030 g/mol. The van der Waals surface area contributed by atoms with Crippen molar-refractivity contribution in [3.8, 4) is 0 Å². The SMILES string of the molecule is C.CC(=O)C(C)(C)CNC(C)(C)C.CC(=O)c1ccc(NC(C)(C)C)cc1.CC(C)(C)NC1CC(C(=O)O)C1.CC(C)(C)NCC(=O)CS(=O)(=O)C1CC1.CC(C)(C)NCCc1ncn[nH]1.CC(C)(C)NCc1ncn[nH]1.CC(C)(C)Nc1ncc[nH]1.CC(C)(C)Nc1ncn[nH]1.CC(NC(C)(C)C)C(=O)N(C)C.COC(=O)C(C)NC(C)(C)C.Cc1ccc(NC(C)(C)C)cc1.Cn1cc(NC(C)(C)C)cn1. The largest absolute Gasteiger partial charge is 0.481 e. The summed E-state index contributed by atoms with van der Waals surface area (Å²) in [6, 6.07) is 16.1. The molecule has 9 rings (SSSR count). The number of ether oxygens (including phenoxy) is 1. The number of aromatic nitrogens is 13. The fourth-order valence-electron chi connectivity index (χ4n) is 11.4. The zero-order valence-corrected chi connectivity index (χ0v) is 97.4. The van der Waals surface area contributed by atoms with Gasteiger partial charge in [-0.1, -0.05) is 39.0 Å². The van der Waals surface area contributed by atoms with Gasteiger partial charge in [0.05, 0.1) is 49.3 Å². The van der Waals surface area contributed by atoms with Crippen LogP contribution in [-0.4, -0.2) is 255 Å². The van der Waals surface area contributed by atoms with Crippen molar-refractivity contribution >= 4 is 74.0 Å². The summed E-state index contributed by atoms with van der Waals surface area (Å²) >= 11 is 0. The number of anilines is 5. The number of methoxy groups -OCH3 is 1. The number of imidazole rings is 1. The number of rotatable bonds is 25. The highest BCUT2D eigenvalue weighted by molar-refractivity contribution is 7.93. The Morgan fingerprint density at radius 3 is 1.27 bits per heavy atom. The van der Waals surface area contributed by atoms with Gasteiger partial charge in [0.15, 0.2) is 27.4 Å². The molecule has 2 aromatic carbocycles. The lowest BCUT2D eigenvalue weighted by Gasteiger charge is -2.38. The Morgan fingerprint density at radius 1 is 0.510 bits per heavy atom. The predicted molar refractivity (Wildman–Crippen MR) is 594 cm³/mol. The first-order valence-corrected chi connectivity index (χ1v) is 50.9. The van der Waals surface area contributed by atoms with Gasteiger partial charge in [-0.05, 0) is 346 Å². The number of nitrogens with one attached hydrogen (secondary N) is 16. The van der Waals surface area contributed by atoms with E-state index < -0.39 is 15.8 Å². The topological polar surface area (TPSA) is 485 Å². The zero-order chi connectivity index (χ0) is 111. The Morgan fingerprint density at radius 2 is 0.930 bits per heavy atom. The van der Waals surface area contributed by atoms with Crippen LogP contribution < -0.4 is 63.8 Å². The van der Waals surface area contributed by atoms with E-state index in [2.05, 4.69) is 347 Å². The number of carboxylic acids is 1. The lowest BCUT2D eigenvalue weighted by atomic mass is 9.79. The summed E-state index contributed by atoms with van der Waals surface area (Å²) in [5.41, 5.74) is 5.85. The maximum atomic E-state index is 11.5. The fourth-order valence-corrected chi connectivity index (χ4v) is 13.1. The number of carboxylic acid groups (broad SMARTS) is 1. The van der Waals surface area contributed by atoms with E-state index >= 15 is 0 Å². The number of aromatic amines is 4. The molecule has 2 saturated carbocycles. The third-order valence-corrected chi connectivity index (χ3v) is 20.5. The molecular weight excluding hydrogens is 1830 g/mol. The second-order valence-corrected chi connectivity index (χ2v) is 51.5. The lowest BCUT2D eigenvalue weighted by Crippen LogP contribution is -2.51. The van der Waals surface area contributed by atoms with E-state index in [0.717, 1.165) is 86.3 Å². The number of H-pyrrole nitrogens is 4. The number of Topliss-reactive ketones (excluding diaryl/α,β-unsaturated/α-hetero) is 3. The van der Waals surface area contributed by atoms with Crippen molar-refractivity contribution in [3.05, 3.63) is 115 Å². The predicted octanol–water partition coefficient (Wildman–Crippen LogP) is 18.2. The molecule has 0 radical (unpaired) electrons. The quantitative estimate of drug-likeness (QED) is 0.0187. The van der Waals surface area contributed by atoms with Crippen molar-refractivity contribution in [3.63, 3.8) is 0 Å². The Labute approximate surface area is 864 Å². The summed E-state index contributed by atoms with van der Waals surface area (Å²) in [4.78, 5) is 86.9. The molecule has 37 heteroatoms. The third kappa shape index (κ3) is 84.3. The summed E-state index contributed by atoms with van der Waals surface area (Å²) < 4.78 is 29.3. The second-order valence-electron chi connectivity index (χ2n) is 49.2. The molecule has 143 heavy (non-hydrogen) atoms. The van der Waals surface area contributed by atoms with Crippen LogP contribution in [-0.2, 0) is 58.6 Å². The van der Waals surface area contributed by atoms with Gasteiger partial charge in [0.1, 0.15) is 48.2 Å². The van der Waals surface area contributed by atoms with Crippen LogP contribution in [0.15, 0.2) is 92.3 Å². The summed E-state index contributed by atoms with van der Waals surface area (Å²) in [7, 11) is 3.69. The first-order valence-electron chi connectivity index (χ1n) is 49.2. The molecule has 2 unspecified atom stereocenters. The van der Waals surface area contributed by atoms with E-state index in [-0.39, 0.29) is 144 Å². The molecule has 1 amide bonds. The van der Waals surface area contributed by atoms with Gasteiger partial charge in [-0.15, -0.1) is 0 Å². The van der Waals surface area contributed by atoms with Gasteiger partial charge in [-0.3, -0.25) is 49.0 Å². The number of hydrogen-bond acceptors (Lipinski definition) is 29. The van der Waals surface area contributed by atoms with E-state index in [9.17, 15) is 37.2 Å². The maximum Gasteiger partial charge on any atom is 0.322 e. The van der Waals surface area contributed by atoms with Gasteiger partial charge < -0.3 is 78.2 Å². The number of nitrogens with zero attached hydrogens (tertiary/aromatic N) is 10. The molecule has 2 aliphatic rings. The van der Waals surface area contributed by atoms with Gasteiger partial charge in [0, 0.05) is 154 Å². The molecule has 0 bridgehead atoms. The number of amides is 1. The number of carbonyl (C=O) groups excluding carboxylic acids is 5. The van der Waals surface area contributed by atoms with Crippen LogP contribution in [0.5, 0.6) is 0 Å². The molecule has 0 saturated heterocycles. The number of hydrogen-bond donors (Lipinski definition) is 17. The Balaban J connectivity index is -0.000000738. The molecule has 2 atom stereocenters. The molecule has 36 nitrogen and oxygen atoms in total. The minimum atomic E-state index is -3.14. The third-order valence-electron chi connectivity index (χ3n) is 18.3. The Hall–Kier alpha value is -9.63. The van der Waals surface area contributed by atoms with Crippen molar-refractivity contribution in [2.24, 2.45) is 18.4 Å². The van der Waals surface area contributed by atoms with Crippen LogP contribution in [0, 0.1) is 18.3 Å². The van der Waals surface area contributed by atoms with Gasteiger partial charge in [0.2, 0.25) is 11.9 Å². The summed E-state index contributed by atoms with van der Waals surface area (Å²) in [6.45, 7) is 90.5. The first-order chi connectivity index (χ1) is 64.0. The van der Waals surface area contributed by atoms with Crippen molar-refractivity contribution in [2.75, 3.05) is 73.2 Å². The Bertz CT molecular complexity index is 4630. The monoisotopic (exact) mass is 2030 g/mol. The number of carbonyl (C=O) groups is 6. The van der Waals surface area contributed by atoms with Crippen molar-refractivity contribution in [1.82, 2.24) is 107 Å². The number of aliphatic carboxylic acids is 1. The minimum Gasteiger partial charge on any atom is -0.481 e. The van der Waals surface area contributed by atoms with Crippen molar-refractivity contribution in [1.29, 1.82) is 0 Å². The highest BCUT2D eigenvalue weighted by Crippen LogP contribution is 2.30. The molecule has 17 N–H and O–H groups in total. The fraction of sp³-hybridized carbons (Fsp3) is 0.717. The maximum absolute atomic E-state index is 11.5. The van der Waals surface area contributed by atoms with Gasteiger partial charge in [-0.2, -0.15) is 20.4 Å². The first kappa shape index (κ1) is 140. The number of likely N-dealkylation sites (N-methyl/N-ethyl adjacent to an activating group) is 1. The average Bonchev–Trinajstić information content (AvgIpc) is 1.70. The smallest absolute Gasteiger partial charge is 0.322 e. The van der Waals surface area contributed by atoms with Crippen LogP contribution in [0.3, 0.4) is 0 Å². The van der Waals surface area contributed by atoms with Crippen LogP contribution in [0.4, 0.5) is 29.0 Å². The van der Waals surface area contributed by atoms with Crippen LogP contribution >= 0.6 is 0 Å². The molecule has 5 aromatic heterocycles. The molecule has 2 aliphatic carbocycles. The van der Waals surface area contributed by atoms with Gasteiger partial charge in [-0.25, -0.2) is 33.5 Å². The molecule has 0 aliphatic heterocycles. The Kier molecular flexibility index (Phi) is 61.5. The molecular formula is C106H202N26O10S. The van der Waals surface area contributed by atoms with Gasteiger partial charge >= 0.3 is 11.9 Å². The minimum absolute atomic E-state index is 0. The molecule has 0 spiro atoms. The normalized spacial score (nSPS) is 14.2. The standard InChI is InChI=1S/C12H17NO.C11H17N.C10H19NO3S.C10H21NO.C9H20N2O.C9H17NO2.C8H16N4.C8H15N3.C8H17NO2.C7H14N4.C7H13N3.C6H12N4.CH4/c1-9(14)10-5-7-11(8-6-10)13-12(2,3)4;1-9-5-7-10(8-6-9)12-11(2,3)4;1-10(2,3)11-6-8(12)7-15(13,14)9-4-5-9;1-8(12)10(5,6)7-11-9(2,3)4;1-7(8(12)11(5)6)10-9(2,3)4;1-9(2,3)10-7-4-6(5-7)8(11)12;1-8(2,3)10-5-4-7-9-6-11-12-7;1-8(2,3)10-7-5-9-11(4)6-7;1-6(7(10)11-5)9-8(2,3)4;1-7(2,3)9-4-6-8-5-10-11-6;1-7(2,3)10-6-8-4-5-9-6;1-6(2,3)9-5-7-4-8-10-5;/h5-8,13H,1-4H3;5-8,12H,1-4H3;9,11H,4-7H2,1-3H3;11H,7H2,1-6H3;7,10H,1-6H3;6-7,10H,4-5H2,1-3H3,(H,11,12);6,10H,4-5H2,1-3H3,(H,9,11,12);5-6,10H,1-4H3;6,9H,1-5H3;5,9H,4H2,1-3H3,(H,8,10,11);4-5H,1-3H3,(H2,8,9,10);4H,1-3H3,(H2,7,8,9,10);1H4. The highest BCUT2D eigenvalue weighted by atomic mass is 32.2. The number of aryl methyl sites for hydroxylation is 2. The van der Waals surface area contributed by atoms with Crippen LogP contribution in [0.1, 0.15) is 351 Å². The van der Waals surface area contributed by atoms with Crippen LogP contribution in [0.25, 0.3) is 0 Å². The molecule has 2 fully saturated rings. The molecule has 7 aromatic rings. The number of esters is 1. The van der Waals surface area contributed by atoms with E-state index in [1.807, 2.05) is 127 Å². The number of sulfone groups is 1. The lowest BCUT2D eigenvalue weighted by molar-refractivity contribution is -0.145. The second kappa shape index (κ2) is 63.0. The summed E-state index contributed by atoms with van der Waals surface area (Å²) in [6.07, 6.45) is 15.8. The highest BCUT2D eigenvalue weighted by Gasteiger charge is 2.38. The van der Waals surface area contributed by atoms with E-state index in [1.54, 1.807) is 56.8 Å². The summed E-state index contributed by atoms with van der Waals surface area (Å²) in [5.74, 6) is 2.28. The van der Waals surface area contributed by atoms with E-state index in [1.165, 1.54) is 37.3 Å². The van der Waals surface area contributed by atoms with E-state index in [4.69, 9.17) is 5.11 Å².